The number of allylic oxidation sites excluding steroid dienone is 1. The highest BCUT2D eigenvalue weighted by Crippen LogP contribution is 2.46. The van der Waals surface area contributed by atoms with Crippen molar-refractivity contribution < 1.29 is 9.84 Å². The topological polar surface area (TPSA) is 71.1 Å². The summed E-state index contributed by atoms with van der Waals surface area (Å²) in [7, 11) is 0. The molecule has 6 heteroatoms. The lowest BCUT2D eigenvalue weighted by Gasteiger charge is -2.24. The highest BCUT2D eigenvalue weighted by molar-refractivity contribution is 6.31. The van der Waals surface area contributed by atoms with Gasteiger partial charge >= 0.3 is 0 Å². The van der Waals surface area contributed by atoms with Crippen LogP contribution in [-0.4, -0.2) is 14.9 Å². The summed E-state index contributed by atoms with van der Waals surface area (Å²) in [4.78, 5) is 0. The van der Waals surface area contributed by atoms with Crippen LogP contribution in [0.3, 0.4) is 0 Å². The molecule has 0 saturated heterocycles. The fraction of sp³-hybridized carbons (Fsp3) is 0.100. The van der Waals surface area contributed by atoms with Crippen LogP contribution < -0.4 is 4.74 Å². The van der Waals surface area contributed by atoms with Gasteiger partial charge < -0.3 is 9.84 Å². The Morgan fingerprint density at radius 2 is 1.85 bits per heavy atom. The normalized spacial score (nSPS) is 16.0. The van der Waals surface area contributed by atoms with Crippen LogP contribution in [0, 0.1) is 18.3 Å². The maximum Gasteiger partial charge on any atom is 0.298 e. The Balaban J connectivity index is 1.99. The van der Waals surface area contributed by atoms with E-state index in [1.54, 1.807) is 10.7 Å². The molecule has 0 radical (unpaired) electrons. The Hall–Kier alpha value is -3.23. The van der Waals surface area contributed by atoms with Crippen LogP contribution in [0.4, 0.5) is 0 Å². The van der Waals surface area contributed by atoms with E-state index in [9.17, 15) is 10.4 Å². The third kappa shape index (κ3) is 2.43. The first-order chi connectivity index (χ1) is 12.6. The number of nitriles is 1. The molecule has 1 unspecified atom stereocenters. The summed E-state index contributed by atoms with van der Waals surface area (Å²) in [5, 5.41) is 25.1. The summed E-state index contributed by atoms with van der Waals surface area (Å²) < 4.78 is 7.23. The molecular formula is C20H14ClN3O2. The summed E-state index contributed by atoms with van der Waals surface area (Å²) in [5.74, 6) is -0.591. The third-order valence-electron chi connectivity index (χ3n) is 4.40. The zero-order valence-corrected chi connectivity index (χ0v) is 14.6. The second-order valence-electron chi connectivity index (χ2n) is 5.94. The van der Waals surface area contributed by atoms with Crippen LogP contribution in [-0.2, 0) is 0 Å². The molecule has 2 heterocycles. The minimum atomic E-state index is -0.546. The molecule has 0 fully saturated rings. The quantitative estimate of drug-likeness (QED) is 0.719. The van der Waals surface area contributed by atoms with Crippen LogP contribution in [0.15, 0.2) is 66.1 Å². The first-order valence-corrected chi connectivity index (χ1v) is 8.40. The third-order valence-corrected chi connectivity index (χ3v) is 4.75. The van der Waals surface area contributed by atoms with Gasteiger partial charge in [-0.1, -0.05) is 48.0 Å². The van der Waals surface area contributed by atoms with E-state index in [1.165, 1.54) is 0 Å². The van der Waals surface area contributed by atoms with Crippen molar-refractivity contribution in [2.24, 2.45) is 0 Å². The summed E-state index contributed by atoms with van der Waals surface area (Å²) in [6.07, 6.45) is 0. The molecule has 0 aliphatic carbocycles. The average Bonchev–Trinajstić information content (AvgIpc) is 2.98. The van der Waals surface area contributed by atoms with Crippen molar-refractivity contribution in [2.75, 3.05) is 0 Å². The number of ether oxygens (including phenoxy) is 1. The van der Waals surface area contributed by atoms with Crippen molar-refractivity contribution in [1.82, 2.24) is 9.78 Å². The van der Waals surface area contributed by atoms with E-state index in [-0.39, 0.29) is 5.57 Å². The van der Waals surface area contributed by atoms with E-state index in [0.717, 1.165) is 16.8 Å². The predicted molar refractivity (Wildman–Crippen MR) is 97.5 cm³/mol. The first kappa shape index (κ1) is 16.2. The van der Waals surface area contributed by atoms with Gasteiger partial charge in [0.2, 0.25) is 5.88 Å². The van der Waals surface area contributed by atoms with Crippen molar-refractivity contribution in [3.8, 4) is 17.6 Å². The Morgan fingerprint density at radius 3 is 2.54 bits per heavy atom. The van der Waals surface area contributed by atoms with E-state index in [0.29, 0.717) is 16.6 Å². The zero-order chi connectivity index (χ0) is 18.3. The summed E-state index contributed by atoms with van der Waals surface area (Å²) in [6.45, 7) is 1.85. The molecule has 1 aliphatic heterocycles. The van der Waals surface area contributed by atoms with Gasteiger partial charge in [-0.3, -0.25) is 0 Å². The van der Waals surface area contributed by atoms with Crippen molar-refractivity contribution in [3.05, 3.63) is 88.0 Å². The molecule has 128 valence electrons. The number of aromatic nitrogens is 2. The van der Waals surface area contributed by atoms with Gasteiger partial charge in [0.1, 0.15) is 11.6 Å². The highest BCUT2D eigenvalue weighted by Gasteiger charge is 2.37. The molecule has 2 aromatic carbocycles. The molecule has 3 aromatic rings. The molecule has 5 nitrogen and oxygen atoms in total. The van der Waals surface area contributed by atoms with Gasteiger partial charge in [-0.2, -0.15) is 10.4 Å². The monoisotopic (exact) mass is 363 g/mol. The number of aliphatic hydroxyl groups is 1. The van der Waals surface area contributed by atoms with Crippen molar-refractivity contribution >= 4 is 11.6 Å². The number of para-hydroxylation sites is 1. The molecule has 0 spiro atoms. The van der Waals surface area contributed by atoms with Crippen LogP contribution >= 0.6 is 11.6 Å². The molecule has 1 aliphatic rings. The highest BCUT2D eigenvalue weighted by atomic mass is 35.5. The Morgan fingerprint density at radius 1 is 1.15 bits per heavy atom. The number of benzene rings is 2. The molecule has 0 amide bonds. The average molecular weight is 364 g/mol. The lowest BCUT2D eigenvalue weighted by Crippen LogP contribution is -2.17. The van der Waals surface area contributed by atoms with Gasteiger partial charge in [0.15, 0.2) is 0 Å². The molecule has 1 aromatic heterocycles. The van der Waals surface area contributed by atoms with Crippen molar-refractivity contribution in [2.45, 2.75) is 12.8 Å². The molecule has 4 rings (SSSR count). The number of halogens is 1. The number of hydrogen-bond acceptors (Lipinski definition) is 4. The van der Waals surface area contributed by atoms with E-state index in [4.69, 9.17) is 16.3 Å². The summed E-state index contributed by atoms with van der Waals surface area (Å²) in [6, 6.07) is 18.8. The standard InChI is InChI=1S/C20H14ClN3O2/c1-12-17-18(14-9-5-6-10-16(14)21)15(11-22)20(25)26-19(17)24(23-12)13-7-3-2-4-8-13/h2-10,18,25H,1H3. The Bertz CT molecular complexity index is 1060. The van der Waals surface area contributed by atoms with Crippen LogP contribution in [0.1, 0.15) is 22.7 Å². The van der Waals surface area contributed by atoms with Gasteiger partial charge in [0.05, 0.1) is 22.9 Å². The number of nitrogens with zero attached hydrogens (tertiary/aromatic N) is 3. The van der Waals surface area contributed by atoms with Crippen molar-refractivity contribution in [1.29, 1.82) is 5.26 Å². The SMILES string of the molecule is Cc1nn(-c2ccccc2)c2c1C(c1ccccc1Cl)C(C#N)=C(O)O2. The second-order valence-corrected chi connectivity index (χ2v) is 6.35. The lowest BCUT2D eigenvalue weighted by molar-refractivity contribution is 0.185. The summed E-state index contributed by atoms with van der Waals surface area (Å²) >= 11 is 6.39. The maximum absolute atomic E-state index is 10.4. The minimum absolute atomic E-state index is 0.112. The summed E-state index contributed by atoms with van der Waals surface area (Å²) in [5.41, 5.74) is 3.05. The number of rotatable bonds is 2. The molecule has 26 heavy (non-hydrogen) atoms. The number of aliphatic hydroxyl groups excluding tert-OH is 1. The van der Waals surface area contributed by atoms with Crippen LogP contribution in [0.5, 0.6) is 5.88 Å². The van der Waals surface area contributed by atoms with Gasteiger partial charge in [-0.15, -0.1) is 0 Å². The fourth-order valence-electron chi connectivity index (χ4n) is 3.24. The molecule has 1 atom stereocenters. The van der Waals surface area contributed by atoms with Crippen molar-refractivity contribution in [3.63, 3.8) is 0 Å². The zero-order valence-electron chi connectivity index (χ0n) is 13.8. The second kappa shape index (κ2) is 6.25. The lowest BCUT2D eigenvalue weighted by atomic mass is 9.84. The van der Waals surface area contributed by atoms with Crippen LogP contribution in [0.2, 0.25) is 5.02 Å². The Kier molecular flexibility index (Phi) is 3.90. The molecule has 0 bridgehead atoms. The number of fused-ring (bicyclic) bond motifs is 1. The predicted octanol–water partition coefficient (Wildman–Crippen LogP) is 4.65. The van der Waals surface area contributed by atoms with E-state index >= 15 is 0 Å². The van der Waals surface area contributed by atoms with E-state index < -0.39 is 11.9 Å². The van der Waals surface area contributed by atoms with Crippen LogP contribution in [0.25, 0.3) is 5.69 Å². The number of hydrogen-bond donors (Lipinski definition) is 1. The molecule has 0 saturated carbocycles. The van der Waals surface area contributed by atoms with Gasteiger partial charge in [-0.25, -0.2) is 4.68 Å². The Labute approximate surface area is 155 Å². The smallest absolute Gasteiger partial charge is 0.298 e. The molecule has 1 N–H and O–H groups in total. The first-order valence-electron chi connectivity index (χ1n) is 8.02. The fourth-order valence-corrected chi connectivity index (χ4v) is 3.48. The number of aryl methyl sites for hydroxylation is 1. The van der Waals surface area contributed by atoms with Gasteiger partial charge in [0, 0.05) is 5.02 Å². The van der Waals surface area contributed by atoms with Gasteiger partial charge in [0.25, 0.3) is 5.95 Å². The van der Waals surface area contributed by atoms with E-state index in [2.05, 4.69) is 11.2 Å². The van der Waals surface area contributed by atoms with E-state index in [1.807, 2.05) is 55.5 Å². The molecular weight excluding hydrogens is 350 g/mol. The maximum atomic E-state index is 10.4. The largest absolute Gasteiger partial charge is 0.480 e. The van der Waals surface area contributed by atoms with Gasteiger partial charge in [-0.05, 0) is 30.7 Å². The minimum Gasteiger partial charge on any atom is -0.480 e.